The van der Waals surface area contributed by atoms with Gasteiger partial charge >= 0.3 is 12.2 Å². The van der Waals surface area contributed by atoms with E-state index in [9.17, 15) is 18.0 Å². The predicted molar refractivity (Wildman–Crippen MR) is 99.6 cm³/mol. The maximum absolute atomic E-state index is 13.2. The van der Waals surface area contributed by atoms with Crippen molar-refractivity contribution in [3.63, 3.8) is 0 Å². The molecule has 1 heterocycles. The first-order valence-corrected chi connectivity index (χ1v) is 9.84. The van der Waals surface area contributed by atoms with Crippen LogP contribution in [0.1, 0.15) is 37.7 Å². The second-order valence-corrected chi connectivity index (χ2v) is 7.95. The van der Waals surface area contributed by atoms with Gasteiger partial charge in [0.05, 0.1) is 16.9 Å². The van der Waals surface area contributed by atoms with Gasteiger partial charge in [-0.25, -0.2) is 4.79 Å². The third kappa shape index (κ3) is 3.65. The molecule has 0 radical (unpaired) electrons. The Morgan fingerprint density at radius 1 is 1.00 bits per heavy atom. The van der Waals surface area contributed by atoms with Crippen molar-refractivity contribution in [2.45, 2.75) is 54.1 Å². The molecule has 0 saturated heterocycles. The summed E-state index contributed by atoms with van der Waals surface area (Å²) in [5.41, 5.74) is 0.140. The third-order valence-corrected chi connectivity index (χ3v) is 6.12. The van der Waals surface area contributed by atoms with Crippen LogP contribution in [0.3, 0.4) is 0 Å². The van der Waals surface area contributed by atoms with Crippen LogP contribution in [0.4, 0.5) is 29.3 Å². The average Bonchev–Trinajstić information content (AvgIpc) is 2.65. The van der Waals surface area contributed by atoms with Crippen molar-refractivity contribution < 1.29 is 18.0 Å². The summed E-state index contributed by atoms with van der Waals surface area (Å²) in [6.07, 6.45) is 0.644. The number of para-hydroxylation sites is 1. The summed E-state index contributed by atoms with van der Waals surface area (Å²) >= 11 is 1.38. The summed E-state index contributed by atoms with van der Waals surface area (Å²) in [7, 11) is 0. The average molecular weight is 392 g/mol. The lowest BCUT2D eigenvalue weighted by molar-refractivity contribution is -0.137. The van der Waals surface area contributed by atoms with Gasteiger partial charge in [0.2, 0.25) is 0 Å². The fraction of sp³-hybridized carbons (Fsp3) is 0.350. The van der Waals surface area contributed by atoms with Gasteiger partial charge in [-0.15, -0.1) is 0 Å². The number of hydrogen-bond acceptors (Lipinski definition) is 2. The van der Waals surface area contributed by atoms with Gasteiger partial charge in [-0.1, -0.05) is 43.2 Å². The molecule has 2 aliphatic rings. The van der Waals surface area contributed by atoms with Crippen molar-refractivity contribution in [1.82, 2.24) is 5.32 Å². The van der Waals surface area contributed by atoms with Crippen molar-refractivity contribution in [3.05, 3.63) is 48.0 Å². The summed E-state index contributed by atoms with van der Waals surface area (Å²) in [6.45, 7) is 0. The summed E-state index contributed by atoms with van der Waals surface area (Å²) in [5, 5.41) is 3.03. The number of fused-ring (bicyclic) bond motifs is 2. The lowest BCUT2D eigenvalue weighted by Crippen LogP contribution is -2.44. The van der Waals surface area contributed by atoms with Crippen LogP contribution in [-0.2, 0) is 6.18 Å². The molecule has 0 bridgehead atoms. The normalized spacial score (nSPS) is 17.2. The Balaban J connectivity index is 1.73. The summed E-state index contributed by atoms with van der Waals surface area (Å²) < 4.78 is 39.7. The molecule has 3 nitrogen and oxygen atoms in total. The van der Waals surface area contributed by atoms with Crippen LogP contribution >= 0.6 is 11.8 Å². The molecule has 1 fully saturated rings. The molecule has 2 aromatic carbocycles. The van der Waals surface area contributed by atoms with Gasteiger partial charge in [0.15, 0.2) is 0 Å². The molecule has 0 atom stereocenters. The highest BCUT2D eigenvalue weighted by atomic mass is 32.2. The second kappa shape index (κ2) is 7.11. The van der Waals surface area contributed by atoms with E-state index in [0.717, 1.165) is 49.1 Å². The quantitative estimate of drug-likeness (QED) is 0.613. The Kier molecular flexibility index (Phi) is 4.80. The number of halogens is 3. The molecule has 1 saturated carbocycles. The lowest BCUT2D eigenvalue weighted by atomic mass is 9.96. The minimum absolute atomic E-state index is 0.0715. The molecule has 142 valence electrons. The maximum Gasteiger partial charge on any atom is 0.416 e. The van der Waals surface area contributed by atoms with E-state index in [-0.39, 0.29) is 17.8 Å². The van der Waals surface area contributed by atoms with Crippen molar-refractivity contribution in [1.29, 1.82) is 0 Å². The smallest absolute Gasteiger partial charge is 0.335 e. The number of anilines is 2. The highest BCUT2D eigenvalue weighted by Crippen LogP contribution is 2.49. The molecule has 2 aromatic rings. The number of carbonyl (C=O) groups is 1. The highest BCUT2D eigenvalue weighted by Gasteiger charge is 2.35. The van der Waals surface area contributed by atoms with E-state index >= 15 is 0 Å². The predicted octanol–water partition coefficient (Wildman–Crippen LogP) is 6.35. The first-order valence-electron chi connectivity index (χ1n) is 9.02. The molecule has 4 rings (SSSR count). The Morgan fingerprint density at radius 3 is 2.44 bits per heavy atom. The van der Waals surface area contributed by atoms with E-state index in [1.165, 1.54) is 22.7 Å². The number of nitrogens with zero attached hydrogens (tertiary/aromatic N) is 1. The molecular formula is C20H19F3N2OS. The van der Waals surface area contributed by atoms with Gasteiger partial charge in [-0.05, 0) is 43.2 Å². The number of benzene rings is 2. The number of alkyl halides is 3. The molecular weight excluding hydrogens is 373 g/mol. The standard InChI is InChI=1S/C20H19F3N2OS/c21-20(22,23)13-10-11-18-16(12-13)25(15-8-4-5-9-17(15)27-18)19(26)24-14-6-2-1-3-7-14/h4-5,8-12,14H,1-3,6-7H2,(H,24,26). The van der Waals surface area contributed by atoms with E-state index in [1.54, 1.807) is 12.1 Å². The zero-order valence-corrected chi connectivity index (χ0v) is 15.4. The monoisotopic (exact) mass is 392 g/mol. The summed E-state index contributed by atoms with van der Waals surface area (Å²) in [5.74, 6) is 0. The molecule has 0 unspecified atom stereocenters. The van der Waals surface area contributed by atoms with Gasteiger partial charge in [-0.2, -0.15) is 13.2 Å². The fourth-order valence-electron chi connectivity index (χ4n) is 3.64. The molecule has 2 amide bonds. The second-order valence-electron chi connectivity index (χ2n) is 6.87. The first kappa shape index (κ1) is 18.2. The van der Waals surface area contributed by atoms with Crippen LogP contribution in [0.25, 0.3) is 0 Å². The number of rotatable bonds is 1. The number of nitrogens with one attached hydrogen (secondary N) is 1. The van der Waals surface area contributed by atoms with E-state index < -0.39 is 11.7 Å². The molecule has 27 heavy (non-hydrogen) atoms. The highest BCUT2D eigenvalue weighted by molar-refractivity contribution is 7.99. The SMILES string of the molecule is O=C(NC1CCCCC1)N1c2ccccc2Sc2ccc(C(F)(F)F)cc21. The number of hydrogen-bond donors (Lipinski definition) is 1. The van der Waals surface area contributed by atoms with Crippen molar-refractivity contribution in [3.8, 4) is 0 Å². The van der Waals surface area contributed by atoms with Crippen molar-refractivity contribution in [2.24, 2.45) is 0 Å². The van der Waals surface area contributed by atoms with Crippen LogP contribution in [0, 0.1) is 0 Å². The van der Waals surface area contributed by atoms with Crippen molar-refractivity contribution >= 4 is 29.2 Å². The van der Waals surface area contributed by atoms with E-state index in [4.69, 9.17) is 0 Å². The molecule has 1 N–H and O–H groups in total. The van der Waals surface area contributed by atoms with Gasteiger partial charge in [0, 0.05) is 15.8 Å². The van der Waals surface area contributed by atoms with E-state index in [1.807, 2.05) is 12.1 Å². The topological polar surface area (TPSA) is 32.3 Å². The zero-order chi connectivity index (χ0) is 19.0. The Morgan fingerprint density at radius 2 is 1.70 bits per heavy atom. The Labute approximate surface area is 159 Å². The Bertz CT molecular complexity index is 863. The van der Waals surface area contributed by atoms with Crippen LogP contribution in [0.5, 0.6) is 0 Å². The minimum atomic E-state index is -4.46. The van der Waals surface area contributed by atoms with Gasteiger partial charge < -0.3 is 5.32 Å². The van der Waals surface area contributed by atoms with Crippen LogP contribution in [-0.4, -0.2) is 12.1 Å². The first-order chi connectivity index (χ1) is 12.9. The summed E-state index contributed by atoms with van der Waals surface area (Å²) in [6, 6.07) is 10.6. The molecule has 0 aromatic heterocycles. The Hall–Kier alpha value is -2.15. The largest absolute Gasteiger partial charge is 0.416 e. The number of carbonyl (C=O) groups excluding carboxylic acids is 1. The van der Waals surface area contributed by atoms with Gasteiger partial charge in [0.25, 0.3) is 0 Å². The number of amides is 2. The fourth-order valence-corrected chi connectivity index (χ4v) is 4.67. The zero-order valence-electron chi connectivity index (χ0n) is 14.6. The molecule has 1 aliphatic heterocycles. The lowest BCUT2D eigenvalue weighted by Gasteiger charge is -2.33. The van der Waals surface area contributed by atoms with Gasteiger partial charge in [0.1, 0.15) is 0 Å². The maximum atomic E-state index is 13.2. The molecule has 1 aliphatic carbocycles. The third-order valence-electron chi connectivity index (χ3n) is 4.99. The van der Waals surface area contributed by atoms with Gasteiger partial charge in [-0.3, -0.25) is 4.90 Å². The van der Waals surface area contributed by atoms with E-state index in [0.29, 0.717) is 10.6 Å². The van der Waals surface area contributed by atoms with E-state index in [2.05, 4.69) is 5.32 Å². The van der Waals surface area contributed by atoms with Crippen LogP contribution in [0.2, 0.25) is 0 Å². The molecule has 7 heteroatoms. The minimum Gasteiger partial charge on any atom is -0.335 e. The number of urea groups is 1. The van der Waals surface area contributed by atoms with Crippen molar-refractivity contribution in [2.75, 3.05) is 4.90 Å². The molecule has 0 spiro atoms. The summed E-state index contributed by atoms with van der Waals surface area (Å²) in [4.78, 5) is 16.0. The van der Waals surface area contributed by atoms with Crippen LogP contribution < -0.4 is 10.2 Å². The van der Waals surface area contributed by atoms with Crippen LogP contribution in [0.15, 0.2) is 52.3 Å².